The lowest BCUT2D eigenvalue weighted by atomic mass is 10.1. The molecule has 0 saturated heterocycles. The number of hydrogen-bond acceptors (Lipinski definition) is 4. The molecule has 0 saturated carbocycles. The van der Waals surface area contributed by atoms with Crippen LogP contribution in [-0.2, 0) is 13.0 Å². The first-order valence-corrected chi connectivity index (χ1v) is 6.00. The number of aromatic nitrogens is 1. The fourth-order valence-corrected chi connectivity index (χ4v) is 2.18. The van der Waals surface area contributed by atoms with Crippen LogP contribution in [0.25, 0.3) is 0 Å². The van der Waals surface area contributed by atoms with Crippen molar-refractivity contribution in [3.63, 3.8) is 0 Å². The Morgan fingerprint density at radius 2 is 2.16 bits per heavy atom. The van der Waals surface area contributed by atoms with Crippen LogP contribution >= 0.6 is 0 Å². The molecule has 1 amide bonds. The zero-order valence-corrected chi connectivity index (χ0v) is 10.2. The quantitative estimate of drug-likeness (QED) is 0.776. The summed E-state index contributed by atoms with van der Waals surface area (Å²) >= 11 is 0. The Bertz CT molecular complexity index is 652. The van der Waals surface area contributed by atoms with E-state index in [1.165, 1.54) is 0 Å². The van der Waals surface area contributed by atoms with E-state index in [-0.39, 0.29) is 5.91 Å². The van der Waals surface area contributed by atoms with Gasteiger partial charge in [0.05, 0.1) is 24.4 Å². The normalized spacial score (nSPS) is 13.7. The van der Waals surface area contributed by atoms with Crippen molar-refractivity contribution in [2.75, 3.05) is 6.54 Å². The molecule has 1 aromatic heterocycles. The number of amides is 1. The van der Waals surface area contributed by atoms with E-state index >= 15 is 0 Å². The Hall–Kier alpha value is -2.61. The monoisotopic (exact) mass is 253 g/mol. The highest BCUT2D eigenvalue weighted by Gasteiger charge is 2.24. The molecule has 0 atom stereocenters. The predicted octanol–water partition coefficient (Wildman–Crippen LogP) is 1.74. The summed E-state index contributed by atoms with van der Waals surface area (Å²) in [5.41, 5.74) is 2.11. The first-order chi connectivity index (χ1) is 9.28. The Balaban J connectivity index is 1.79. The van der Waals surface area contributed by atoms with Crippen molar-refractivity contribution in [1.29, 1.82) is 5.26 Å². The second-order valence-corrected chi connectivity index (χ2v) is 4.44. The van der Waals surface area contributed by atoms with Gasteiger partial charge in [-0.3, -0.25) is 4.79 Å². The first kappa shape index (κ1) is 11.5. The van der Waals surface area contributed by atoms with E-state index in [0.717, 1.165) is 11.3 Å². The molecule has 94 valence electrons. The maximum atomic E-state index is 12.3. The zero-order valence-electron chi connectivity index (χ0n) is 10.2. The molecule has 0 unspecified atom stereocenters. The lowest BCUT2D eigenvalue weighted by molar-refractivity contribution is 0.0729. The lowest BCUT2D eigenvalue weighted by Gasteiger charge is -2.25. The van der Waals surface area contributed by atoms with Crippen molar-refractivity contribution in [2.45, 2.75) is 13.0 Å². The van der Waals surface area contributed by atoms with Crippen LogP contribution < -0.4 is 0 Å². The van der Waals surface area contributed by atoms with Gasteiger partial charge in [-0.25, -0.2) is 0 Å². The maximum absolute atomic E-state index is 12.3. The van der Waals surface area contributed by atoms with Gasteiger partial charge in [0.25, 0.3) is 5.91 Å². The maximum Gasteiger partial charge on any atom is 0.254 e. The molecule has 0 aliphatic carbocycles. The number of nitriles is 1. The third kappa shape index (κ3) is 2.08. The number of fused-ring (bicyclic) bond motifs is 1. The highest BCUT2D eigenvalue weighted by atomic mass is 16.5. The van der Waals surface area contributed by atoms with E-state index in [0.29, 0.717) is 30.6 Å². The molecule has 0 bridgehead atoms. The summed E-state index contributed by atoms with van der Waals surface area (Å²) in [5.74, 6) is 0.834. The number of hydrogen-bond donors (Lipinski definition) is 0. The lowest BCUT2D eigenvalue weighted by Crippen LogP contribution is -2.35. The van der Waals surface area contributed by atoms with Gasteiger partial charge in [-0.05, 0) is 24.3 Å². The Morgan fingerprint density at radius 3 is 2.89 bits per heavy atom. The Morgan fingerprint density at radius 1 is 1.37 bits per heavy atom. The van der Waals surface area contributed by atoms with Crippen LogP contribution in [0.4, 0.5) is 0 Å². The van der Waals surface area contributed by atoms with E-state index in [1.54, 1.807) is 35.4 Å². The molecule has 0 radical (unpaired) electrons. The topological polar surface area (TPSA) is 70.1 Å². The van der Waals surface area contributed by atoms with Gasteiger partial charge in [-0.15, -0.1) is 0 Å². The SMILES string of the molecule is N#Cc1ccc(C(=O)N2CCc3oncc3C2)cc1. The molecule has 2 heterocycles. The van der Waals surface area contributed by atoms with Crippen molar-refractivity contribution in [3.8, 4) is 6.07 Å². The summed E-state index contributed by atoms with van der Waals surface area (Å²) in [4.78, 5) is 14.1. The third-order valence-corrected chi connectivity index (χ3v) is 3.25. The van der Waals surface area contributed by atoms with Gasteiger partial charge in [0.2, 0.25) is 0 Å². The average Bonchev–Trinajstić information content (AvgIpc) is 2.94. The number of carbonyl (C=O) groups excluding carboxylic acids is 1. The van der Waals surface area contributed by atoms with Crippen molar-refractivity contribution >= 4 is 5.91 Å². The van der Waals surface area contributed by atoms with Crippen LogP contribution in [0, 0.1) is 11.3 Å². The summed E-state index contributed by atoms with van der Waals surface area (Å²) in [6, 6.07) is 8.72. The zero-order chi connectivity index (χ0) is 13.2. The molecular formula is C14H11N3O2. The standard InChI is InChI=1S/C14H11N3O2/c15-7-10-1-3-11(4-2-10)14(18)17-6-5-13-12(9-17)8-16-19-13/h1-4,8H,5-6,9H2. The first-order valence-electron chi connectivity index (χ1n) is 6.00. The van der Waals surface area contributed by atoms with Crippen LogP contribution in [0.2, 0.25) is 0 Å². The van der Waals surface area contributed by atoms with Gasteiger partial charge >= 0.3 is 0 Å². The van der Waals surface area contributed by atoms with Crippen LogP contribution in [0.15, 0.2) is 35.0 Å². The summed E-state index contributed by atoms with van der Waals surface area (Å²) in [6.45, 7) is 1.15. The molecule has 19 heavy (non-hydrogen) atoms. The van der Waals surface area contributed by atoms with Crippen LogP contribution in [0.1, 0.15) is 27.2 Å². The van der Waals surface area contributed by atoms with E-state index in [4.69, 9.17) is 9.78 Å². The molecule has 0 spiro atoms. The number of benzene rings is 1. The van der Waals surface area contributed by atoms with Gasteiger partial charge in [0, 0.05) is 24.1 Å². The second kappa shape index (κ2) is 4.58. The minimum atomic E-state index is -0.0312. The average molecular weight is 253 g/mol. The Labute approximate surface area is 110 Å². The molecule has 1 aliphatic heterocycles. The summed E-state index contributed by atoms with van der Waals surface area (Å²) < 4.78 is 5.10. The molecule has 5 heteroatoms. The van der Waals surface area contributed by atoms with Crippen molar-refractivity contribution < 1.29 is 9.32 Å². The summed E-state index contributed by atoms with van der Waals surface area (Å²) in [7, 11) is 0. The highest BCUT2D eigenvalue weighted by Crippen LogP contribution is 2.20. The smallest absolute Gasteiger partial charge is 0.254 e. The highest BCUT2D eigenvalue weighted by molar-refractivity contribution is 5.94. The van der Waals surface area contributed by atoms with Gasteiger partial charge in [-0.1, -0.05) is 5.16 Å². The molecular weight excluding hydrogens is 242 g/mol. The van der Waals surface area contributed by atoms with E-state index in [2.05, 4.69) is 5.16 Å². The minimum Gasteiger partial charge on any atom is -0.361 e. The fourth-order valence-electron chi connectivity index (χ4n) is 2.18. The van der Waals surface area contributed by atoms with Crippen LogP contribution in [0.3, 0.4) is 0 Å². The van der Waals surface area contributed by atoms with Crippen LogP contribution in [-0.4, -0.2) is 22.5 Å². The summed E-state index contributed by atoms with van der Waals surface area (Å²) in [6.07, 6.45) is 2.35. The van der Waals surface area contributed by atoms with E-state index in [9.17, 15) is 4.79 Å². The minimum absolute atomic E-state index is 0.0312. The van der Waals surface area contributed by atoms with Gasteiger partial charge in [0.1, 0.15) is 5.76 Å². The van der Waals surface area contributed by atoms with E-state index < -0.39 is 0 Å². The molecule has 1 aliphatic rings. The molecule has 1 aromatic carbocycles. The molecule has 2 aromatic rings. The Kier molecular flexibility index (Phi) is 2.76. The van der Waals surface area contributed by atoms with Crippen molar-refractivity contribution in [2.24, 2.45) is 0 Å². The van der Waals surface area contributed by atoms with Gasteiger partial charge in [0.15, 0.2) is 0 Å². The van der Waals surface area contributed by atoms with Crippen LogP contribution in [0.5, 0.6) is 0 Å². The molecule has 5 nitrogen and oxygen atoms in total. The second-order valence-electron chi connectivity index (χ2n) is 4.44. The molecule has 3 rings (SSSR count). The summed E-state index contributed by atoms with van der Waals surface area (Å²) in [5, 5.41) is 12.5. The number of rotatable bonds is 1. The number of nitrogens with zero attached hydrogens (tertiary/aromatic N) is 3. The van der Waals surface area contributed by atoms with Gasteiger partial charge < -0.3 is 9.42 Å². The van der Waals surface area contributed by atoms with Crippen molar-refractivity contribution in [3.05, 3.63) is 52.9 Å². The predicted molar refractivity (Wildman–Crippen MR) is 66.1 cm³/mol. The van der Waals surface area contributed by atoms with Gasteiger partial charge in [-0.2, -0.15) is 5.26 Å². The fraction of sp³-hybridized carbons (Fsp3) is 0.214. The number of carbonyl (C=O) groups is 1. The van der Waals surface area contributed by atoms with Crippen molar-refractivity contribution in [1.82, 2.24) is 10.1 Å². The van der Waals surface area contributed by atoms with E-state index in [1.807, 2.05) is 6.07 Å². The molecule has 0 N–H and O–H groups in total. The molecule has 0 fully saturated rings. The largest absolute Gasteiger partial charge is 0.361 e. The third-order valence-electron chi connectivity index (χ3n) is 3.25.